The van der Waals surface area contributed by atoms with Gasteiger partial charge in [0.15, 0.2) is 11.5 Å². The SMILES string of the molecule is COc1cc(C2CN(C(=O)c3ccccc3Cl)CC2C(=O)NCc2ccc(F)cc2)cc(OC)c1OC. The third-order valence-corrected chi connectivity index (χ3v) is 6.87. The van der Waals surface area contributed by atoms with Gasteiger partial charge in [0.1, 0.15) is 5.82 Å². The molecule has 2 atom stereocenters. The molecule has 0 spiro atoms. The van der Waals surface area contributed by atoms with E-state index in [1.807, 2.05) is 0 Å². The van der Waals surface area contributed by atoms with E-state index in [-0.39, 0.29) is 43.2 Å². The molecule has 37 heavy (non-hydrogen) atoms. The van der Waals surface area contributed by atoms with Crippen LogP contribution in [0.4, 0.5) is 4.39 Å². The zero-order valence-corrected chi connectivity index (χ0v) is 21.5. The van der Waals surface area contributed by atoms with Gasteiger partial charge in [-0.1, -0.05) is 35.9 Å². The molecule has 1 N–H and O–H groups in total. The molecular formula is C28H28ClFN2O5. The number of hydrogen-bond acceptors (Lipinski definition) is 5. The number of carbonyl (C=O) groups excluding carboxylic acids is 2. The van der Waals surface area contributed by atoms with E-state index in [4.69, 9.17) is 25.8 Å². The van der Waals surface area contributed by atoms with Crippen LogP contribution >= 0.6 is 11.6 Å². The van der Waals surface area contributed by atoms with E-state index in [9.17, 15) is 14.0 Å². The highest BCUT2D eigenvalue weighted by atomic mass is 35.5. The maximum atomic E-state index is 13.4. The Morgan fingerprint density at radius 3 is 2.22 bits per heavy atom. The van der Waals surface area contributed by atoms with Gasteiger partial charge in [0.05, 0.1) is 37.8 Å². The van der Waals surface area contributed by atoms with Crippen molar-refractivity contribution in [3.63, 3.8) is 0 Å². The highest BCUT2D eigenvalue weighted by molar-refractivity contribution is 6.33. The number of halogens is 2. The maximum absolute atomic E-state index is 13.4. The normalized spacial score (nSPS) is 16.8. The molecule has 1 saturated heterocycles. The van der Waals surface area contributed by atoms with E-state index in [1.165, 1.54) is 33.5 Å². The zero-order chi connectivity index (χ0) is 26.5. The number of carbonyl (C=O) groups is 2. The van der Waals surface area contributed by atoms with Crippen LogP contribution < -0.4 is 19.5 Å². The molecule has 3 aromatic rings. The van der Waals surface area contributed by atoms with Crippen molar-refractivity contribution in [3.05, 3.63) is 88.2 Å². The fourth-order valence-corrected chi connectivity index (χ4v) is 4.83. The van der Waals surface area contributed by atoms with Gasteiger partial charge >= 0.3 is 0 Å². The van der Waals surface area contributed by atoms with Gasteiger partial charge in [0, 0.05) is 25.6 Å². The van der Waals surface area contributed by atoms with Gasteiger partial charge in [-0.25, -0.2) is 4.39 Å². The minimum atomic E-state index is -0.560. The molecule has 0 bridgehead atoms. The highest BCUT2D eigenvalue weighted by Crippen LogP contribution is 2.43. The summed E-state index contributed by atoms with van der Waals surface area (Å²) in [5, 5.41) is 3.29. The minimum Gasteiger partial charge on any atom is -0.493 e. The van der Waals surface area contributed by atoms with Gasteiger partial charge in [-0.2, -0.15) is 0 Å². The first-order valence-corrected chi connectivity index (χ1v) is 12.1. The molecule has 1 fully saturated rings. The van der Waals surface area contributed by atoms with Gasteiger partial charge in [0.2, 0.25) is 11.7 Å². The first-order chi connectivity index (χ1) is 17.9. The van der Waals surface area contributed by atoms with Crippen molar-refractivity contribution in [1.82, 2.24) is 10.2 Å². The molecule has 0 saturated carbocycles. The van der Waals surface area contributed by atoms with Crippen molar-refractivity contribution in [2.45, 2.75) is 12.5 Å². The van der Waals surface area contributed by atoms with Crippen molar-refractivity contribution >= 4 is 23.4 Å². The van der Waals surface area contributed by atoms with E-state index < -0.39 is 5.92 Å². The molecule has 2 unspecified atom stereocenters. The van der Waals surface area contributed by atoms with Crippen molar-refractivity contribution in [2.75, 3.05) is 34.4 Å². The largest absolute Gasteiger partial charge is 0.493 e. The quantitative estimate of drug-likeness (QED) is 0.461. The smallest absolute Gasteiger partial charge is 0.255 e. The second-order valence-corrected chi connectivity index (χ2v) is 9.11. The number of hydrogen-bond donors (Lipinski definition) is 1. The summed E-state index contributed by atoms with van der Waals surface area (Å²) in [5.74, 6) is -0.385. The van der Waals surface area contributed by atoms with Crippen LogP contribution in [0.3, 0.4) is 0 Å². The van der Waals surface area contributed by atoms with Crippen molar-refractivity contribution < 1.29 is 28.2 Å². The molecule has 7 nitrogen and oxygen atoms in total. The first-order valence-electron chi connectivity index (χ1n) is 11.7. The lowest BCUT2D eigenvalue weighted by atomic mass is 9.87. The molecule has 4 rings (SSSR count). The maximum Gasteiger partial charge on any atom is 0.255 e. The van der Waals surface area contributed by atoms with Crippen LogP contribution in [0.25, 0.3) is 0 Å². The summed E-state index contributed by atoms with van der Waals surface area (Å²) in [7, 11) is 4.57. The Bertz CT molecular complexity index is 1260. The number of methoxy groups -OCH3 is 3. The van der Waals surface area contributed by atoms with E-state index in [2.05, 4.69) is 5.32 Å². The number of ether oxygens (including phenoxy) is 3. The van der Waals surface area contributed by atoms with Crippen LogP contribution in [0.15, 0.2) is 60.7 Å². The van der Waals surface area contributed by atoms with E-state index in [0.29, 0.717) is 27.8 Å². The van der Waals surface area contributed by atoms with Crippen molar-refractivity contribution in [3.8, 4) is 17.2 Å². The Kier molecular flexibility index (Phi) is 8.18. The van der Waals surface area contributed by atoms with Crippen LogP contribution in [0, 0.1) is 11.7 Å². The van der Waals surface area contributed by atoms with Gasteiger partial charge in [-0.3, -0.25) is 9.59 Å². The van der Waals surface area contributed by atoms with Crippen LogP contribution in [0.2, 0.25) is 5.02 Å². The number of rotatable bonds is 8. The molecule has 1 aliphatic heterocycles. The second kappa shape index (κ2) is 11.5. The molecule has 0 aliphatic carbocycles. The average molecular weight is 527 g/mol. The number of nitrogens with one attached hydrogen (secondary N) is 1. The van der Waals surface area contributed by atoms with Crippen LogP contribution in [-0.2, 0) is 11.3 Å². The second-order valence-electron chi connectivity index (χ2n) is 8.71. The van der Waals surface area contributed by atoms with E-state index >= 15 is 0 Å². The number of likely N-dealkylation sites (tertiary alicyclic amines) is 1. The lowest BCUT2D eigenvalue weighted by Crippen LogP contribution is -2.35. The topological polar surface area (TPSA) is 77.1 Å². The number of nitrogens with zero attached hydrogens (tertiary/aromatic N) is 1. The van der Waals surface area contributed by atoms with E-state index in [0.717, 1.165) is 11.1 Å². The van der Waals surface area contributed by atoms with Crippen LogP contribution in [-0.4, -0.2) is 51.1 Å². The predicted molar refractivity (Wildman–Crippen MR) is 138 cm³/mol. The molecule has 9 heteroatoms. The first kappa shape index (κ1) is 26.3. The summed E-state index contributed by atoms with van der Waals surface area (Å²) in [6.45, 7) is 0.716. The predicted octanol–water partition coefficient (Wildman–Crippen LogP) is 4.68. The summed E-state index contributed by atoms with van der Waals surface area (Å²) < 4.78 is 29.7. The third-order valence-electron chi connectivity index (χ3n) is 6.54. The Hall–Kier alpha value is -3.78. The standard InChI is InChI=1S/C28H28ClFN2O5/c1-35-24-12-18(13-25(36-2)26(24)37-3)21-15-32(28(34)20-6-4-5-7-23(20)29)16-22(21)27(33)31-14-17-8-10-19(30)11-9-17/h4-13,21-22H,14-16H2,1-3H3,(H,31,33). The lowest BCUT2D eigenvalue weighted by Gasteiger charge is -2.21. The van der Waals surface area contributed by atoms with Gasteiger partial charge in [-0.15, -0.1) is 0 Å². The molecule has 0 aromatic heterocycles. The van der Waals surface area contributed by atoms with Crippen molar-refractivity contribution in [1.29, 1.82) is 0 Å². The summed E-state index contributed by atoms with van der Waals surface area (Å²) >= 11 is 6.29. The average Bonchev–Trinajstić information content (AvgIpc) is 3.37. The zero-order valence-electron chi connectivity index (χ0n) is 20.8. The fraction of sp³-hybridized carbons (Fsp3) is 0.286. The van der Waals surface area contributed by atoms with Crippen LogP contribution in [0.5, 0.6) is 17.2 Å². The fourth-order valence-electron chi connectivity index (χ4n) is 4.62. The molecule has 0 radical (unpaired) electrons. The molecule has 3 aromatic carbocycles. The molecule has 1 aliphatic rings. The Balaban J connectivity index is 1.65. The molecular weight excluding hydrogens is 499 g/mol. The summed E-state index contributed by atoms with van der Waals surface area (Å²) in [4.78, 5) is 28.4. The third kappa shape index (κ3) is 5.64. The Labute approximate surface area is 220 Å². The molecule has 194 valence electrons. The Morgan fingerprint density at radius 2 is 1.62 bits per heavy atom. The summed E-state index contributed by atoms with van der Waals surface area (Å²) in [5.41, 5.74) is 1.91. The van der Waals surface area contributed by atoms with Gasteiger partial charge in [0.25, 0.3) is 5.91 Å². The highest BCUT2D eigenvalue weighted by Gasteiger charge is 2.41. The molecule has 1 heterocycles. The molecule has 2 amide bonds. The lowest BCUT2D eigenvalue weighted by molar-refractivity contribution is -0.125. The van der Waals surface area contributed by atoms with Gasteiger partial charge in [-0.05, 0) is 47.5 Å². The number of benzene rings is 3. The summed E-state index contributed by atoms with van der Waals surface area (Å²) in [6.07, 6.45) is 0. The summed E-state index contributed by atoms with van der Waals surface area (Å²) in [6, 6.07) is 16.4. The number of amides is 2. The van der Waals surface area contributed by atoms with Crippen LogP contribution in [0.1, 0.15) is 27.4 Å². The Morgan fingerprint density at radius 1 is 0.973 bits per heavy atom. The van der Waals surface area contributed by atoms with Crippen molar-refractivity contribution in [2.24, 2.45) is 5.92 Å². The minimum absolute atomic E-state index is 0.195. The monoisotopic (exact) mass is 526 g/mol. The van der Waals surface area contributed by atoms with Gasteiger partial charge < -0.3 is 24.4 Å². The van der Waals surface area contributed by atoms with E-state index in [1.54, 1.807) is 53.4 Å².